The van der Waals surface area contributed by atoms with Gasteiger partial charge >= 0.3 is 12.1 Å². The van der Waals surface area contributed by atoms with E-state index in [4.69, 9.17) is 5.41 Å². The second kappa shape index (κ2) is 17.4. The monoisotopic (exact) mass is 759 g/mol. The predicted octanol–water partition coefficient (Wildman–Crippen LogP) is 8.66. The zero-order valence-electron chi connectivity index (χ0n) is 33.4. The van der Waals surface area contributed by atoms with Gasteiger partial charge < -0.3 is 25.8 Å². The second-order valence-corrected chi connectivity index (χ2v) is 17.7. The van der Waals surface area contributed by atoms with E-state index in [2.05, 4.69) is 32.8 Å². The van der Waals surface area contributed by atoms with Crippen LogP contribution in [0, 0.1) is 30.1 Å². The Bertz CT molecular complexity index is 1860. The number of para-hydroxylation sites is 1. The minimum absolute atomic E-state index is 0.0453. The molecule has 4 heterocycles. The van der Waals surface area contributed by atoms with Crippen LogP contribution >= 0.6 is 0 Å². The van der Waals surface area contributed by atoms with Crippen molar-refractivity contribution in [3.05, 3.63) is 64.2 Å². The number of amides is 4. The molecule has 6 aliphatic rings. The van der Waals surface area contributed by atoms with Crippen molar-refractivity contribution in [2.45, 2.75) is 141 Å². The molecule has 8 rings (SSSR count). The van der Waals surface area contributed by atoms with Gasteiger partial charge in [-0.1, -0.05) is 75.6 Å². The van der Waals surface area contributed by atoms with Crippen molar-refractivity contribution in [1.29, 1.82) is 5.41 Å². The molecule has 3 N–H and O–H groups in total. The molecule has 4 unspecified atom stereocenters. The Hall–Kier alpha value is -4.34. The second-order valence-electron chi connectivity index (χ2n) is 17.7. The molecule has 0 aromatic heterocycles. The Balaban J connectivity index is 0.898. The number of rotatable bonds is 9. The van der Waals surface area contributed by atoms with Gasteiger partial charge in [0.15, 0.2) is 5.78 Å². The lowest BCUT2D eigenvalue weighted by molar-refractivity contribution is -0.121. The lowest BCUT2D eigenvalue weighted by Crippen LogP contribution is -2.54. The Kier molecular flexibility index (Phi) is 12.0. The number of urea groups is 2. The Morgan fingerprint density at radius 1 is 0.946 bits per heavy atom. The molecule has 0 spiro atoms. The summed E-state index contributed by atoms with van der Waals surface area (Å²) in [6.45, 7) is 4.03. The fraction of sp³-hybridized carbons (Fsp3) is 0.609. The molecule has 2 saturated carbocycles. The van der Waals surface area contributed by atoms with Crippen LogP contribution in [-0.2, 0) is 17.8 Å². The van der Waals surface area contributed by atoms with Gasteiger partial charge in [0.1, 0.15) is 0 Å². The van der Waals surface area contributed by atoms with E-state index in [0.29, 0.717) is 69.5 Å². The quantitative estimate of drug-likeness (QED) is 0.237. The van der Waals surface area contributed by atoms with Gasteiger partial charge in [0, 0.05) is 60.8 Å². The molecule has 5 atom stereocenters. The molecule has 2 aromatic rings. The number of ketones is 1. The number of aryl methyl sites for hydroxylation is 1. The number of benzene rings is 2. The number of anilines is 1. The standard InChI is InChI=1S/C46H61N7O3/c1-30-24-32(25-36-27-48-28-38(47)44(30)36)26-42(51-45(55)52-22-20-37(21-23-52)53-29-35-11-5-6-13-39(35)50-46(53)56)43(54)19-14-31-8-3-2-4-10-33(12-7-9-31)34-15-17-40-41(49-40)18-16-34/h5-6,11,13,24-25,27,31,33-34,37,40,42,47H,2-4,7-10,12,14-23,26,28-29H2,1H3,(H,50,56)(H,51,55)/t31?,33?,34?,40?,42-/m1/s1. The number of fused-ring (bicyclic) bond motifs is 3. The maximum atomic E-state index is 14.3. The molecule has 56 heavy (non-hydrogen) atoms. The van der Waals surface area contributed by atoms with Crippen LogP contribution in [0.2, 0.25) is 0 Å². The smallest absolute Gasteiger partial charge is 0.322 e. The number of likely N-dealkylation sites (tertiary alicyclic amines) is 1. The van der Waals surface area contributed by atoms with Crippen molar-refractivity contribution in [2.75, 3.05) is 25.0 Å². The highest BCUT2D eigenvalue weighted by molar-refractivity contribution is 6.10. The first-order valence-corrected chi connectivity index (χ1v) is 21.8. The average Bonchev–Trinajstić information content (AvgIpc) is 3.99. The van der Waals surface area contributed by atoms with Crippen molar-refractivity contribution in [3.63, 3.8) is 0 Å². The van der Waals surface area contributed by atoms with Crippen LogP contribution in [0.25, 0.3) is 0 Å². The molecule has 10 nitrogen and oxygen atoms in total. The van der Waals surface area contributed by atoms with Gasteiger partial charge in [-0.3, -0.25) is 14.8 Å². The lowest BCUT2D eigenvalue weighted by Gasteiger charge is -2.40. The molecular formula is C46H61N7O3. The van der Waals surface area contributed by atoms with Crippen LogP contribution in [-0.4, -0.2) is 83.0 Å². The van der Waals surface area contributed by atoms with Crippen LogP contribution in [0.5, 0.6) is 0 Å². The highest BCUT2D eigenvalue weighted by atomic mass is 16.2. The molecule has 4 aliphatic heterocycles. The molecule has 4 amide bonds. The molecular weight excluding hydrogens is 699 g/mol. The Morgan fingerprint density at radius 2 is 1.73 bits per heavy atom. The van der Waals surface area contributed by atoms with Crippen molar-refractivity contribution < 1.29 is 14.4 Å². The van der Waals surface area contributed by atoms with Crippen molar-refractivity contribution in [3.8, 4) is 0 Å². The maximum Gasteiger partial charge on any atom is 0.322 e. The summed E-state index contributed by atoms with van der Waals surface area (Å²) >= 11 is 0. The van der Waals surface area contributed by atoms with Crippen LogP contribution in [0.4, 0.5) is 15.3 Å². The van der Waals surface area contributed by atoms with E-state index in [-0.39, 0.29) is 23.9 Å². The molecule has 1 saturated heterocycles. The maximum absolute atomic E-state index is 14.3. The summed E-state index contributed by atoms with van der Waals surface area (Å²) < 4.78 is 0. The highest BCUT2D eigenvalue weighted by Gasteiger charge is 2.36. The third kappa shape index (κ3) is 9.10. The zero-order chi connectivity index (χ0) is 38.6. The van der Waals surface area contributed by atoms with Crippen LogP contribution in [0.1, 0.15) is 131 Å². The van der Waals surface area contributed by atoms with E-state index in [1.54, 1.807) is 0 Å². The predicted molar refractivity (Wildman–Crippen MR) is 223 cm³/mol. The van der Waals surface area contributed by atoms with E-state index in [0.717, 1.165) is 51.8 Å². The van der Waals surface area contributed by atoms with Gasteiger partial charge in [-0.25, -0.2) is 9.59 Å². The molecule has 0 radical (unpaired) electrons. The minimum atomic E-state index is -0.642. The zero-order valence-corrected chi connectivity index (χ0v) is 33.4. The summed E-state index contributed by atoms with van der Waals surface area (Å²) in [5, 5.41) is 14.7. The van der Waals surface area contributed by atoms with E-state index in [9.17, 15) is 14.4 Å². The SMILES string of the molecule is Cc1cc(C[C@@H](NC(=O)N2CCC(N3Cc4ccccc4NC3=O)CC2)C(=O)CCC2CCCCCC(C3CCC4=NC4CC3)CCC2)cc2c1C(=N)CN=C2. The Labute approximate surface area is 332 Å². The number of nitrogens with zero attached hydrogens (tertiary/aromatic N) is 4. The first-order valence-electron chi connectivity index (χ1n) is 21.8. The van der Waals surface area contributed by atoms with Gasteiger partial charge in [-0.05, 0) is 105 Å². The van der Waals surface area contributed by atoms with Gasteiger partial charge in [-0.2, -0.15) is 0 Å². The summed E-state index contributed by atoms with van der Waals surface area (Å²) in [6, 6.07) is 11.7. The van der Waals surface area contributed by atoms with E-state index >= 15 is 0 Å². The number of hydrogen-bond acceptors (Lipinski definition) is 6. The average molecular weight is 760 g/mol. The molecule has 298 valence electrons. The molecule has 2 aromatic carbocycles. The number of hydrogen-bond donors (Lipinski definition) is 3. The number of carbonyl (C=O) groups is 3. The van der Waals surface area contributed by atoms with Crippen molar-refractivity contribution in [1.82, 2.24) is 15.1 Å². The number of carbonyl (C=O) groups excluding carboxylic acids is 3. The topological polar surface area (TPSA) is 130 Å². The largest absolute Gasteiger partial charge is 0.328 e. The summed E-state index contributed by atoms with van der Waals surface area (Å²) in [6.07, 6.45) is 20.3. The highest BCUT2D eigenvalue weighted by Crippen LogP contribution is 2.39. The van der Waals surface area contributed by atoms with E-state index in [1.807, 2.05) is 47.2 Å². The van der Waals surface area contributed by atoms with Gasteiger partial charge in [0.25, 0.3) is 0 Å². The van der Waals surface area contributed by atoms with Crippen LogP contribution in [0.15, 0.2) is 46.4 Å². The van der Waals surface area contributed by atoms with Crippen LogP contribution in [0.3, 0.4) is 0 Å². The third-order valence-electron chi connectivity index (χ3n) is 13.9. The van der Waals surface area contributed by atoms with Gasteiger partial charge in [-0.15, -0.1) is 0 Å². The molecule has 0 bridgehead atoms. The summed E-state index contributed by atoms with van der Waals surface area (Å²) in [5.41, 5.74) is 7.79. The third-order valence-corrected chi connectivity index (χ3v) is 13.9. The molecule has 2 aliphatic carbocycles. The summed E-state index contributed by atoms with van der Waals surface area (Å²) in [4.78, 5) is 54.0. The fourth-order valence-corrected chi connectivity index (χ4v) is 10.7. The van der Waals surface area contributed by atoms with Crippen LogP contribution < -0.4 is 10.6 Å². The molecule has 10 heteroatoms. The number of piperidine rings is 1. The first kappa shape index (κ1) is 38.5. The number of aliphatic imine (C=N–C) groups is 2. The summed E-state index contributed by atoms with van der Waals surface area (Å²) in [5.74, 6) is 2.33. The normalized spacial score (nSPS) is 26.1. The lowest BCUT2D eigenvalue weighted by atomic mass is 9.77. The van der Waals surface area contributed by atoms with Crippen molar-refractivity contribution >= 4 is 41.2 Å². The fourth-order valence-electron chi connectivity index (χ4n) is 10.7. The van der Waals surface area contributed by atoms with Gasteiger partial charge in [0.05, 0.1) is 24.3 Å². The van der Waals surface area contributed by atoms with Crippen molar-refractivity contribution in [2.24, 2.45) is 27.7 Å². The number of Topliss-reactive ketones (excluding diaryl/α,β-unsaturated/α-hetero) is 1. The van der Waals surface area contributed by atoms with Gasteiger partial charge in [0.2, 0.25) is 0 Å². The number of nitrogens with one attached hydrogen (secondary N) is 3. The Morgan fingerprint density at radius 3 is 2.61 bits per heavy atom. The molecule has 3 fully saturated rings. The summed E-state index contributed by atoms with van der Waals surface area (Å²) in [7, 11) is 0. The van der Waals surface area contributed by atoms with E-state index < -0.39 is 6.04 Å². The minimum Gasteiger partial charge on any atom is -0.328 e. The van der Waals surface area contributed by atoms with E-state index in [1.165, 1.54) is 82.8 Å². The first-order chi connectivity index (χ1) is 27.3.